The molecule has 3 rings (SSSR count). The van der Waals surface area contributed by atoms with Crippen molar-refractivity contribution in [2.45, 2.75) is 12.5 Å². The van der Waals surface area contributed by atoms with Gasteiger partial charge in [0, 0.05) is 19.3 Å². The Kier molecular flexibility index (Phi) is 3.27. The fourth-order valence-electron chi connectivity index (χ4n) is 2.39. The van der Waals surface area contributed by atoms with E-state index in [-0.39, 0.29) is 11.3 Å². The van der Waals surface area contributed by atoms with E-state index in [1.165, 1.54) is 0 Å². The Morgan fingerprint density at radius 2 is 2.35 bits per heavy atom. The van der Waals surface area contributed by atoms with Gasteiger partial charge < -0.3 is 15.3 Å². The number of aromatic nitrogens is 3. The lowest BCUT2D eigenvalue weighted by atomic mass is 10.3. The van der Waals surface area contributed by atoms with E-state index in [0.717, 1.165) is 6.42 Å². The maximum absolute atomic E-state index is 10.7. The summed E-state index contributed by atoms with van der Waals surface area (Å²) < 4.78 is 0. The molecule has 1 unspecified atom stereocenters. The number of hydrogen-bond donors (Lipinski definition) is 2. The molecule has 0 saturated carbocycles. The Labute approximate surface area is 119 Å². The number of nitrogens with one attached hydrogen (secondary N) is 1. The molecule has 2 aromatic heterocycles. The van der Waals surface area contributed by atoms with E-state index in [2.05, 4.69) is 20.3 Å². The molecule has 1 saturated heterocycles. The van der Waals surface area contributed by atoms with Crippen LogP contribution in [-0.4, -0.2) is 45.3 Å². The minimum Gasteiger partial charge on any atom is -0.465 e. The largest absolute Gasteiger partial charge is 0.465 e. The van der Waals surface area contributed by atoms with E-state index in [1.54, 1.807) is 12.3 Å². The van der Waals surface area contributed by atoms with Gasteiger partial charge in [-0.15, -0.1) is 0 Å². The number of amides is 1. The molecule has 104 valence electrons. The van der Waals surface area contributed by atoms with Gasteiger partial charge in [0.05, 0.1) is 11.6 Å². The van der Waals surface area contributed by atoms with Crippen LogP contribution in [0.2, 0.25) is 5.28 Å². The fraction of sp³-hybridized carbons (Fsp3) is 0.333. The first-order valence-electron chi connectivity index (χ1n) is 6.16. The minimum absolute atomic E-state index is 0.111. The van der Waals surface area contributed by atoms with Gasteiger partial charge in [0.15, 0.2) is 5.82 Å². The highest BCUT2D eigenvalue weighted by Crippen LogP contribution is 2.26. The molecule has 1 atom stereocenters. The zero-order valence-electron chi connectivity index (χ0n) is 10.5. The summed E-state index contributed by atoms with van der Waals surface area (Å²) in [5.41, 5.74) is 1.35. The summed E-state index contributed by atoms with van der Waals surface area (Å²) in [6.07, 6.45) is 1.38. The van der Waals surface area contributed by atoms with E-state index in [9.17, 15) is 4.79 Å². The first-order valence-corrected chi connectivity index (χ1v) is 6.54. The van der Waals surface area contributed by atoms with Crippen molar-refractivity contribution in [2.75, 3.05) is 18.0 Å². The summed E-state index contributed by atoms with van der Waals surface area (Å²) in [5, 5.41) is 11.4. The molecule has 20 heavy (non-hydrogen) atoms. The summed E-state index contributed by atoms with van der Waals surface area (Å²) in [7, 11) is 0. The lowest BCUT2D eigenvalue weighted by molar-refractivity contribution is 0.191. The summed E-state index contributed by atoms with van der Waals surface area (Å²) >= 11 is 5.94. The Bertz CT molecular complexity index is 665. The normalized spacial score (nSPS) is 18.4. The maximum Gasteiger partial charge on any atom is 0.404 e. The van der Waals surface area contributed by atoms with Crippen LogP contribution < -0.4 is 10.2 Å². The summed E-state index contributed by atoms with van der Waals surface area (Å²) in [4.78, 5) is 25.3. The van der Waals surface area contributed by atoms with Gasteiger partial charge in [-0.2, -0.15) is 4.98 Å². The Morgan fingerprint density at radius 1 is 1.50 bits per heavy atom. The number of rotatable bonds is 2. The van der Waals surface area contributed by atoms with Gasteiger partial charge in [0.1, 0.15) is 5.52 Å². The van der Waals surface area contributed by atoms with Crippen LogP contribution in [0.25, 0.3) is 11.0 Å². The number of hydrogen-bond acceptors (Lipinski definition) is 5. The molecule has 0 spiro atoms. The van der Waals surface area contributed by atoms with Crippen LogP contribution in [0.1, 0.15) is 6.42 Å². The SMILES string of the molecule is O=C(O)NC1CCN(c2nc(Cl)nc3cccnc23)C1. The van der Waals surface area contributed by atoms with Gasteiger partial charge >= 0.3 is 6.09 Å². The zero-order valence-corrected chi connectivity index (χ0v) is 11.2. The second kappa shape index (κ2) is 5.09. The lowest BCUT2D eigenvalue weighted by Crippen LogP contribution is -2.36. The van der Waals surface area contributed by atoms with Crippen LogP contribution in [0.5, 0.6) is 0 Å². The van der Waals surface area contributed by atoms with Gasteiger partial charge in [-0.25, -0.2) is 9.78 Å². The minimum atomic E-state index is -1.01. The predicted molar refractivity (Wildman–Crippen MR) is 74.1 cm³/mol. The second-order valence-corrected chi connectivity index (χ2v) is 4.91. The molecule has 2 N–H and O–H groups in total. The second-order valence-electron chi connectivity index (χ2n) is 4.57. The summed E-state index contributed by atoms with van der Waals surface area (Å²) in [6.45, 7) is 1.25. The van der Waals surface area contributed by atoms with Gasteiger partial charge in [-0.05, 0) is 30.2 Å². The van der Waals surface area contributed by atoms with Crippen LogP contribution in [0.3, 0.4) is 0 Å². The molecular weight excluding hydrogens is 282 g/mol. The van der Waals surface area contributed by atoms with E-state index in [4.69, 9.17) is 16.7 Å². The van der Waals surface area contributed by atoms with E-state index >= 15 is 0 Å². The lowest BCUT2D eigenvalue weighted by Gasteiger charge is -2.18. The average Bonchev–Trinajstić information content (AvgIpc) is 2.85. The summed E-state index contributed by atoms with van der Waals surface area (Å²) in [5.74, 6) is 0.648. The highest BCUT2D eigenvalue weighted by Gasteiger charge is 2.26. The van der Waals surface area contributed by atoms with Crippen molar-refractivity contribution in [1.29, 1.82) is 0 Å². The third-order valence-corrected chi connectivity index (χ3v) is 3.39. The highest BCUT2D eigenvalue weighted by molar-refractivity contribution is 6.28. The van der Waals surface area contributed by atoms with E-state index in [0.29, 0.717) is 29.9 Å². The standard InChI is InChI=1S/C12H12ClN5O2/c13-11-16-8-2-1-4-14-9(8)10(17-11)18-5-3-7(6-18)15-12(19)20/h1-2,4,7,15H,3,5-6H2,(H,19,20). The van der Waals surface area contributed by atoms with Crippen LogP contribution in [-0.2, 0) is 0 Å². The molecule has 1 aliphatic heterocycles. The third kappa shape index (κ3) is 2.44. The monoisotopic (exact) mass is 293 g/mol. The molecule has 2 aromatic rings. The first-order chi connectivity index (χ1) is 9.63. The maximum atomic E-state index is 10.7. The molecule has 7 nitrogen and oxygen atoms in total. The number of carboxylic acid groups (broad SMARTS) is 1. The quantitative estimate of drug-likeness (QED) is 0.816. The van der Waals surface area contributed by atoms with Gasteiger partial charge in [-0.3, -0.25) is 4.98 Å². The molecule has 0 bridgehead atoms. The number of fused-ring (bicyclic) bond motifs is 1. The van der Waals surface area contributed by atoms with E-state index < -0.39 is 6.09 Å². The smallest absolute Gasteiger partial charge is 0.404 e. The molecule has 1 fully saturated rings. The summed E-state index contributed by atoms with van der Waals surface area (Å²) in [6, 6.07) is 3.50. The van der Waals surface area contributed by atoms with Crippen LogP contribution >= 0.6 is 11.6 Å². The topological polar surface area (TPSA) is 91.2 Å². The van der Waals surface area contributed by atoms with Crippen LogP contribution in [0, 0.1) is 0 Å². The van der Waals surface area contributed by atoms with Crippen molar-refractivity contribution in [3.8, 4) is 0 Å². The molecule has 8 heteroatoms. The number of carbonyl (C=O) groups is 1. The van der Waals surface area contributed by atoms with Crippen molar-refractivity contribution in [2.24, 2.45) is 0 Å². The number of nitrogens with zero attached hydrogens (tertiary/aromatic N) is 4. The molecule has 1 aliphatic rings. The number of halogens is 1. The average molecular weight is 294 g/mol. The van der Waals surface area contributed by atoms with E-state index in [1.807, 2.05) is 11.0 Å². The van der Waals surface area contributed by atoms with Crippen molar-refractivity contribution in [3.05, 3.63) is 23.6 Å². The fourth-order valence-corrected chi connectivity index (χ4v) is 2.56. The van der Waals surface area contributed by atoms with Gasteiger partial charge in [0.25, 0.3) is 0 Å². The predicted octanol–water partition coefficient (Wildman–Crippen LogP) is 1.52. The molecule has 3 heterocycles. The molecule has 1 amide bonds. The number of pyridine rings is 1. The Hall–Kier alpha value is -2.15. The Balaban J connectivity index is 1.93. The van der Waals surface area contributed by atoms with Crippen molar-refractivity contribution in [3.63, 3.8) is 0 Å². The number of anilines is 1. The van der Waals surface area contributed by atoms with Crippen molar-refractivity contribution < 1.29 is 9.90 Å². The molecule has 0 radical (unpaired) electrons. The third-order valence-electron chi connectivity index (χ3n) is 3.22. The van der Waals surface area contributed by atoms with Crippen LogP contribution in [0.15, 0.2) is 18.3 Å². The Morgan fingerprint density at radius 3 is 3.15 bits per heavy atom. The molecule has 0 aliphatic carbocycles. The van der Waals surface area contributed by atoms with Gasteiger partial charge in [0.2, 0.25) is 5.28 Å². The first kappa shape index (κ1) is 12.9. The molecular formula is C12H12ClN5O2. The van der Waals surface area contributed by atoms with Gasteiger partial charge in [-0.1, -0.05) is 0 Å². The van der Waals surface area contributed by atoms with Crippen molar-refractivity contribution in [1.82, 2.24) is 20.3 Å². The molecule has 0 aromatic carbocycles. The zero-order chi connectivity index (χ0) is 14.1. The highest BCUT2D eigenvalue weighted by atomic mass is 35.5. The van der Waals surface area contributed by atoms with Crippen molar-refractivity contribution >= 4 is 34.5 Å². The van der Waals surface area contributed by atoms with Crippen LogP contribution in [0.4, 0.5) is 10.6 Å².